The average Bonchev–Trinajstić information content (AvgIpc) is 3.37. The summed E-state index contributed by atoms with van der Waals surface area (Å²) in [5.41, 5.74) is -1.27. The molecule has 46 heavy (non-hydrogen) atoms. The Balaban J connectivity index is 1.52. The summed E-state index contributed by atoms with van der Waals surface area (Å²) in [5, 5.41) is 11.3. The molecule has 3 aromatic rings. The zero-order valence-electron chi connectivity index (χ0n) is 23.6. The predicted octanol–water partition coefficient (Wildman–Crippen LogP) is 5.82. The highest BCUT2D eigenvalue weighted by atomic mass is 35.5. The quantitative estimate of drug-likeness (QED) is 0.0941. The van der Waals surface area contributed by atoms with Crippen molar-refractivity contribution in [3.05, 3.63) is 82.7 Å². The van der Waals surface area contributed by atoms with Gasteiger partial charge in [0.05, 0.1) is 11.8 Å². The van der Waals surface area contributed by atoms with E-state index in [1.807, 2.05) is 0 Å². The SMILES string of the molecule is CCN1C(=O)C2CC=C3C(CC4(Cl)C(=O)N(c5c(F)c(F)c(F)c(F)c5F)C(=O)C4(Cl)C3c3ccc(O)c4ccccc34)C2C1=O. The number of phenolic OH excluding ortho intramolecular Hbond substituents is 1. The van der Waals surface area contributed by atoms with E-state index < -0.39 is 98.2 Å². The van der Waals surface area contributed by atoms with Gasteiger partial charge in [-0.2, -0.15) is 0 Å². The van der Waals surface area contributed by atoms with Crippen molar-refractivity contribution in [2.24, 2.45) is 17.8 Å². The van der Waals surface area contributed by atoms with E-state index in [1.54, 1.807) is 37.3 Å². The summed E-state index contributed by atoms with van der Waals surface area (Å²) in [5.74, 6) is -20.7. The van der Waals surface area contributed by atoms with Crippen molar-refractivity contribution in [1.29, 1.82) is 0 Å². The summed E-state index contributed by atoms with van der Waals surface area (Å²) >= 11 is 14.3. The highest BCUT2D eigenvalue weighted by Gasteiger charge is 2.77. The predicted molar refractivity (Wildman–Crippen MR) is 154 cm³/mol. The van der Waals surface area contributed by atoms with E-state index in [2.05, 4.69) is 0 Å². The maximum Gasteiger partial charge on any atom is 0.258 e. The fraction of sp³-hybridized carbons (Fsp3) is 0.312. The third-order valence-corrected chi connectivity index (χ3v) is 11.3. The number of imide groups is 2. The number of nitrogens with zero attached hydrogens (tertiary/aromatic N) is 2. The first-order valence-electron chi connectivity index (χ1n) is 14.3. The number of anilines is 1. The topological polar surface area (TPSA) is 95.0 Å². The maximum absolute atomic E-state index is 15.2. The molecule has 1 N–H and O–H groups in total. The summed E-state index contributed by atoms with van der Waals surface area (Å²) < 4.78 is 73.1. The van der Waals surface area contributed by atoms with E-state index >= 15 is 8.78 Å². The van der Waals surface area contributed by atoms with Crippen molar-refractivity contribution < 1.29 is 46.2 Å². The lowest BCUT2D eigenvalue weighted by atomic mass is 9.56. The minimum atomic E-state index is -2.64. The molecule has 238 valence electrons. The molecule has 6 atom stereocenters. The largest absolute Gasteiger partial charge is 0.507 e. The first-order valence-corrected chi connectivity index (χ1v) is 15.0. The molecular formula is C32H21Cl2F5N2O5. The van der Waals surface area contributed by atoms with Crippen LogP contribution in [0.1, 0.15) is 31.2 Å². The van der Waals surface area contributed by atoms with Crippen molar-refractivity contribution in [1.82, 2.24) is 4.90 Å². The molecule has 3 aromatic carbocycles. The van der Waals surface area contributed by atoms with Crippen LogP contribution in [0.5, 0.6) is 5.75 Å². The summed E-state index contributed by atoms with van der Waals surface area (Å²) in [4.78, 5) is 51.0. The number of carbonyl (C=O) groups is 4. The number of fused-ring (bicyclic) bond motifs is 5. The van der Waals surface area contributed by atoms with Crippen LogP contribution in [0.2, 0.25) is 0 Å². The van der Waals surface area contributed by atoms with Gasteiger partial charge in [0.1, 0.15) is 11.4 Å². The first-order chi connectivity index (χ1) is 21.7. The van der Waals surface area contributed by atoms with Gasteiger partial charge < -0.3 is 5.11 Å². The van der Waals surface area contributed by atoms with E-state index in [9.17, 15) is 37.5 Å². The van der Waals surface area contributed by atoms with Crippen molar-refractivity contribution in [3.8, 4) is 5.75 Å². The van der Waals surface area contributed by atoms with Gasteiger partial charge >= 0.3 is 0 Å². The zero-order valence-corrected chi connectivity index (χ0v) is 25.1. The van der Waals surface area contributed by atoms with Crippen molar-refractivity contribution in [3.63, 3.8) is 0 Å². The Labute approximate surface area is 267 Å². The molecule has 4 aliphatic rings. The second-order valence-corrected chi connectivity index (χ2v) is 13.1. The van der Waals surface area contributed by atoms with Gasteiger partial charge in [-0.3, -0.25) is 24.1 Å². The Bertz CT molecular complexity index is 1960. The maximum atomic E-state index is 15.2. The fourth-order valence-electron chi connectivity index (χ4n) is 7.85. The van der Waals surface area contributed by atoms with Gasteiger partial charge in [0.25, 0.3) is 11.8 Å². The van der Waals surface area contributed by atoms with E-state index in [1.165, 1.54) is 12.1 Å². The number of allylic oxidation sites excluding steroid dienone is 2. The monoisotopic (exact) mass is 678 g/mol. The van der Waals surface area contributed by atoms with E-state index in [0.29, 0.717) is 16.3 Å². The van der Waals surface area contributed by atoms with Gasteiger partial charge in [-0.05, 0) is 42.7 Å². The molecule has 2 aliphatic heterocycles. The smallest absolute Gasteiger partial charge is 0.258 e. The minimum Gasteiger partial charge on any atom is -0.507 e. The number of rotatable bonds is 3. The standard InChI is InChI=1S/C32H21Cl2F5N2O5/c1-2-40-27(43)16-8-7-15-17(19(16)28(40)44)11-31(33)29(45)41(26-24(38)22(36)21(35)23(37)25(26)39)30(46)32(31,34)20(15)14-9-10-18(42)13-6-4-3-5-12(13)14/h3-7,9-10,16-17,19-20,42H,2,8,11H2,1H3. The molecule has 4 amide bonds. The molecule has 2 saturated heterocycles. The van der Waals surface area contributed by atoms with E-state index in [0.717, 1.165) is 4.90 Å². The molecule has 2 heterocycles. The van der Waals surface area contributed by atoms with Crippen LogP contribution in [0.4, 0.5) is 27.6 Å². The Kier molecular flexibility index (Phi) is 6.64. The molecule has 7 rings (SSSR count). The highest BCUT2D eigenvalue weighted by Crippen LogP contribution is 2.66. The third-order valence-electron chi connectivity index (χ3n) is 9.87. The Morgan fingerprint density at radius 3 is 2.07 bits per heavy atom. The normalized spacial score (nSPS) is 30.6. The highest BCUT2D eigenvalue weighted by molar-refractivity contribution is 6.58. The van der Waals surface area contributed by atoms with Crippen LogP contribution in [-0.4, -0.2) is 49.9 Å². The lowest BCUT2D eigenvalue weighted by Gasteiger charge is -2.51. The molecule has 1 saturated carbocycles. The van der Waals surface area contributed by atoms with Crippen molar-refractivity contribution >= 4 is 63.3 Å². The lowest BCUT2D eigenvalue weighted by Crippen LogP contribution is -2.60. The molecule has 0 bridgehead atoms. The molecule has 7 nitrogen and oxygen atoms in total. The number of benzene rings is 3. The number of alkyl halides is 2. The number of hydrogen-bond donors (Lipinski definition) is 1. The number of aromatic hydroxyl groups is 1. The minimum absolute atomic E-state index is 0.0514. The van der Waals surface area contributed by atoms with Crippen molar-refractivity contribution in [2.45, 2.75) is 35.4 Å². The van der Waals surface area contributed by atoms with Crippen LogP contribution < -0.4 is 4.90 Å². The van der Waals surface area contributed by atoms with Crippen LogP contribution in [0, 0.1) is 46.8 Å². The van der Waals surface area contributed by atoms with Crippen molar-refractivity contribution in [2.75, 3.05) is 11.4 Å². The van der Waals surface area contributed by atoms with Crippen LogP contribution in [0.25, 0.3) is 10.8 Å². The lowest BCUT2D eigenvalue weighted by molar-refractivity contribution is -0.140. The number of hydrogen-bond acceptors (Lipinski definition) is 5. The number of halogens is 7. The van der Waals surface area contributed by atoms with Gasteiger partial charge in [-0.25, -0.2) is 26.9 Å². The summed E-state index contributed by atoms with van der Waals surface area (Å²) in [6.45, 7) is 1.68. The Morgan fingerprint density at radius 1 is 0.826 bits per heavy atom. The molecule has 2 aliphatic carbocycles. The second kappa shape index (κ2) is 9.98. The first kappa shape index (κ1) is 30.6. The molecule has 0 aromatic heterocycles. The van der Waals surface area contributed by atoms with Gasteiger partial charge in [-0.1, -0.05) is 42.0 Å². The molecule has 0 radical (unpaired) electrons. The van der Waals surface area contributed by atoms with E-state index in [-0.39, 0.29) is 29.2 Å². The molecular weight excluding hydrogens is 658 g/mol. The van der Waals surface area contributed by atoms with Crippen LogP contribution in [-0.2, 0) is 19.2 Å². The molecule has 3 fully saturated rings. The molecule has 0 spiro atoms. The van der Waals surface area contributed by atoms with Crippen LogP contribution >= 0.6 is 23.2 Å². The van der Waals surface area contributed by atoms with Gasteiger partial charge in [0.15, 0.2) is 33.0 Å². The fourth-order valence-corrected chi connectivity index (χ4v) is 8.77. The number of carbonyl (C=O) groups excluding carboxylic acids is 4. The molecule has 6 unspecified atom stereocenters. The number of amides is 4. The summed E-state index contributed by atoms with van der Waals surface area (Å²) in [6, 6.07) is 9.11. The zero-order chi connectivity index (χ0) is 33.2. The third kappa shape index (κ3) is 3.54. The Morgan fingerprint density at radius 2 is 1.43 bits per heavy atom. The van der Waals surface area contributed by atoms with Gasteiger partial charge in [-0.15, -0.1) is 23.2 Å². The Hall–Kier alpha value is -4.03. The molecule has 14 heteroatoms. The number of likely N-dealkylation sites (tertiary alicyclic amines) is 1. The average molecular weight is 679 g/mol. The van der Waals surface area contributed by atoms with Gasteiger partial charge in [0, 0.05) is 17.8 Å². The second-order valence-electron chi connectivity index (χ2n) is 11.8. The van der Waals surface area contributed by atoms with Crippen LogP contribution in [0.3, 0.4) is 0 Å². The summed E-state index contributed by atoms with van der Waals surface area (Å²) in [7, 11) is 0. The number of phenols is 1. The van der Waals surface area contributed by atoms with Gasteiger partial charge in [0.2, 0.25) is 17.6 Å². The summed E-state index contributed by atoms with van der Waals surface area (Å²) in [6.07, 6.45) is 1.10. The van der Waals surface area contributed by atoms with E-state index in [4.69, 9.17) is 23.2 Å². The van der Waals surface area contributed by atoms with Crippen LogP contribution in [0.15, 0.2) is 48.0 Å².